The van der Waals surface area contributed by atoms with Crippen LogP contribution >= 0.6 is 11.3 Å². The smallest absolute Gasteiger partial charge is 0.483 e. The van der Waals surface area contributed by atoms with E-state index in [2.05, 4.69) is 35.1 Å². The summed E-state index contributed by atoms with van der Waals surface area (Å²) in [5.41, 5.74) is -1.26. The molecular formula is C35H27CoF3N9O6S3-. The van der Waals surface area contributed by atoms with Crippen LogP contribution in [0.4, 0.5) is 64.1 Å². The molecule has 2 aliphatic rings. The van der Waals surface area contributed by atoms with Crippen LogP contribution in [-0.2, 0) is 49.8 Å². The first kappa shape index (κ1) is 41.1. The Hall–Kier alpha value is -5.52. The summed E-state index contributed by atoms with van der Waals surface area (Å²) in [6.45, 7) is 1.28. The second-order valence-corrected chi connectivity index (χ2v) is 15.8. The SMILES string of the molecule is O=S(=O)(O)c1cc2c(cc1N=Nc1nccs1)CCN2c1ccccc1.O=S(=O)([N-]c1cc2c(cc1N=Nc1ncco1)CCN2c1ccccc1)C(F)(F)F.[Co]. The fraction of sp³-hybridized carbons (Fsp3) is 0.143. The third kappa shape index (κ3) is 9.38. The molecule has 0 unspecified atom stereocenters. The van der Waals surface area contributed by atoms with Crippen molar-refractivity contribution in [1.29, 1.82) is 0 Å². The number of benzene rings is 4. The van der Waals surface area contributed by atoms with Gasteiger partial charge in [-0.2, -0.15) is 26.6 Å². The van der Waals surface area contributed by atoms with Gasteiger partial charge in [0.25, 0.3) is 10.1 Å². The van der Waals surface area contributed by atoms with Crippen LogP contribution in [0.15, 0.2) is 139 Å². The largest absolute Gasteiger partial charge is 0.568 e. The van der Waals surface area contributed by atoms with Crippen molar-refractivity contribution in [2.45, 2.75) is 23.2 Å². The predicted octanol–water partition coefficient (Wildman–Crippen LogP) is 10.1. The summed E-state index contributed by atoms with van der Waals surface area (Å²) in [5.74, 6) is 0. The Labute approximate surface area is 338 Å². The van der Waals surface area contributed by atoms with Crippen molar-refractivity contribution < 1.29 is 55.8 Å². The maximum Gasteiger partial charge on any atom is 0.483 e. The minimum atomic E-state index is -5.78. The summed E-state index contributed by atoms with van der Waals surface area (Å²) in [5, 5.41) is 17.6. The average molecular weight is 882 g/mol. The Morgan fingerprint density at radius 1 is 0.754 bits per heavy atom. The van der Waals surface area contributed by atoms with Crippen LogP contribution in [0.1, 0.15) is 11.1 Å². The van der Waals surface area contributed by atoms with Gasteiger partial charge in [0.15, 0.2) is 10.0 Å². The number of hydrogen-bond donors (Lipinski definition) is 1. The summed E-state index contributed by atoms with van der Waals surface area (Å²) < 4.78 is 103. The van der Waals surface area contributed by atoms with Gasteiger partial charge in [0.2, 0.25) is 5.13 Å². The number of nitrogens with zero attached hydrogens (tertiary/aromatic N) is 9. The number of sulfonamides is 1. The molecule has 0 fully saturated rings. The van der Waals surface area contributed by atoms with E-state index in [0.717, 1.165) is 41.2 Å². The van der Waals surface area contributed by atoms with Gasteiger partial charge in [-0.15, -0.1) is 26.7 Å². The molecule has 0 saturated heterocycles. The maximum absolute atomic E-state index is 12.9. The Morgan fingerprint density at radius 3 is 1.86 bits per heavy atom. The predicted molar refractivity (Wildman–Crippen MR) is 202 cm³/mol. The summed E-state index contributed by atoms with van der Waals surface area (Å²) in [7, 11) is -10.2. The first-order valence-electron chi connectivity index (χ1n) is 16.4. The summed E-state index contributed by atoms with van der Waals surface area (Å²) >= 11 is 1.29. The molecule has 0 atom stereocenters. The Bertz CT molecular complexity index is 2620. The van der Waals surface area contributed by atoms with Crippen molar-refractivity contribution in [3.63, 3.8) is 0 Å². The van der Waals surface area contributed by atoms with E-state index < -0.39 is 31.3 Å². The molecule has 0 amide bonds. The number of para-hydroxylation sites is 2. The average Bonchev–Trinajstić information content (AvgIpc) is 4.01. The van der Waals surface area contributed by atoms with Crippen molar-refractivity contribution in [3.8, 4) is 0 Å². The number of thiazole rings is 1. The van der Waals surface area contributed by atoms with Crippen LogP contribution < -0.4 is 9.80 Å². The Kier molecular flexibility index (Phi) is 12.2. The second-order valence-electron chi connectivity index (χ2n) is 11.9. The second kappa shape index (κ2) is 16.9. The number of alkyl halides is 3. The molecule has 8 rings (SSSR count). The molecule has 1 radical (unpaired) electrons. The van der Waals surface area contributed by atoms with Gasteiger partial charge < -0.3 is 18.9 Å². The number of fused-ring (bicyclic) bond motifs is 2. The monoisotopic (exact) mass is 881 g/mol. The van der Waals surface area contributed by atoms with Gasteiger partial charge in [-0.05, 0) is 66.4 Å². The molecule has 4 aromatic carbocycles. The molecule has 2 aromatic heterocycles. The topological polar surface area (TPSA) is 197 Å². The summed E-state index contributed by atoms with van der Waals surface area (Å²) in [6.07, 6.45) is 5.47. The van der Waals surface area contributed by atoms with Gasteiger partial charge in [-0.1, -0.05) is 53.3 Å². The van der Waals surface area contributed by atoms with Crippen molar-refractivity contribution in [1.82, 2.24) is 9.97 Å². The van der Waals surface area contributed by atoms with E-state index in [9.17, 15) is 34.6 Å². The van der Waals surface area contributed by atoms with Crippen LogP contribution in [0.2, 0.25) is 0 Å². The van der Waals surface area contributed by atoms with E-state index in [1.165, 1.54) is 42.0 Å². The van der Waals surface area contributed by atoms with Gasteiger partial charge in [0, 0.05) is 64.2 Å². The fourth-order valence-corrected chi connectivity index (χ4v) is 7.50. The van der Waals surface area contributed by atoms with E-state index in [0.29, 0.717) is 23.8 Å². The Morgan fingerprint density at radius 2 is 1.33 bits per heavy atom. The van der Waals surface area contributed by atoms with Crippen molar-refractivity contribution in [2.75, 3.05) is 22.9 Å². The minimum Gasteiger partial charge on any atom is -0.568 e. The number of azo groups is 2. The first-order chi connectivity index (χ1) is 26.8. The molecule has 0 saturated carbocycles. The van der Waals surface area contributed by atoms with E-state index in [1.807, 2.05) is 70.5 Å². The van der Waals surface area contributed by atoms with E-state index >= 15 is 0 Å². The molecular weight excluding hydrogens is 855 g/mol. The summed E-state index contributed by atoms with van der Waals surface area (Å²) in [4.78, 5) is 11.3. The van der Waals surface area contributed by atoms with Crippen molar-refractivity contribution >= 4 is 82.4 Å². The van der Waals surface area contributed by atoms with Gasteiger partial charge in [0.1, 0.15) is 16.8 Å². The standard InChI is InChI=1S/C18H13F3N5O3S.C17H14N4O3S2.Co/c19-18(20,21)30(27,28)25-15-11-16-12(6-8-26(16)13-4-2-1-3-5-13)10-14(15)23-24-17-22-7-9-29-17;22-26(23,24)16-11-15-12(6-8-21(15)13-4-2-1-3-5-13)10-14(16)19-20-17-18-7-9-25-17;/h1-5,7,9-11H,6,8H2;1-5,7,9-11H,6,8H2,(H,22,23,24);/q-1;;. The molecule has 297 valence electrons. The normalized spacial score (nSPS) is 14.0. The van der Waals surface area contributed by atoms with Gasteiger partial charge in [-0.25, -0.2) is 13.4 Å². The van der Waals surface area contributed by atoms with Crippen LogP contribution in [0.3, 0.4) is 0 Å². The van der Waals surface area contributed by atoms with Crippen molar-refractivity contribution in [3.05, 3.63) is 125 Å². The van der Waals surface area contributed by atoms with Crippen LogP contribution in [0.25, 0.3) is 4.72 Å². The zero-order chi connectivity index (χ0) is 39.5. The van der Waals surface area contributed by atoms with Crippen LogP contribution in [-0.4, -0.2) is 50.0 Å². The van der Waals surface area contributed by atoms with E-state index in [4.69, 9.17) is 4.42 Å². The number of halogens is 3. The third-order valence-electron chi connectivity index (χ3n) is 8.38. The number of anilines is 4. The molecule has 22 heteroatoms. The third-order valence-corrected chi connectivity index (χ3v) is 10.9. The van der Waals surface area contributed by atoms with Gasteiger partial charge in [-0.3, -0.25) is 4.55 Å². The molecule has 57 heavy (non-hydrogen) atoms. The zero-order valence-electron chi connectivity index (χ0n) is 28.9. The molecule has 4 heterocycles. The number of aromatic nitrogens is 2. The van der Waals surface area contributed by atoms with Gasteiger partial charge in [0.05, 0.1) is 11.9 Å². The minimum absolute atomic E-state index is 0. The summed E-state index contributed by atoms with van der Waals surface area (Å²) in [6, 6.07) is 24.6. The number of hydrogen-bond acceptors (Lipinski definition) is 14. The molecule has 2 aliphatic heterocycles. The molecule has 0 spiro atoms. The zero-order valence-corrected chi connectivity index (χ0v) is 32.4. The number of oxazole rings is 1. The van der Waals surface area contributed by atoms with Crippen LogP contribution in [0, 0.1) is 0 Å². The van der Waals surface area contributed by atoms with Crippen molar-refractivity contribution in [2.24, 2.45) is 20.5 Å². The first-order valence-corrected chi connectivity index (χ1v) is 20.2. The molecule has 1 N–H and O–H groups in total. The van der Waals surface area contributed by atoms with E-state index in [1.54, 1.807) is 17.6 Å². The molecule has 6 aromatic rings. The number of rotatable bonds is 9. The van der Waals surface area contributed by atoms with Gasteiger partial charge >= 0.3 is 11.5 Å². The van der Waals surface area contributed by atoms with Crippen LogP contribution in [0.5, 0.6) is 0 Å². The fourth-order valence-electron chi connectivity index (χ4n) is 5.91. The maximum atomic E-state index is 12.9. The quantitative estimate of drug-likeness (QED) is 0.108. The Balaban J connectivity index is 0.000000191. The van der Waals surface area contributed by atoms with E-state index in [-0.39, 0.29) is 39.1 Å². The molecule has 0 bridgehead atoms. The molecule has 15 nitrogen and oxygen atoms in total. The molecule has 0 aliphatic carbocycles.